The number of nitrogens with zero attached hydrogens (tertiary/aromatic N) is 2. The number of para-hydroxylation sites is 1. The smallest absolute Gasteiger partial charge is 0.264 e. The topological polar surface area (TPSA) is 92.5 Å². The Morgan fingerprint density at radius 1 is 1.00 bits per heavy atom. The number of rotatable bonds is 7. The van der Waals surface area contributed by atoms with E-state index in [1.807, 2.05) is 30.3 Å². The average Bonchev–Trinajstić information content (AvgIpc) is 3.23. The maximum absolute atomic E-state index is 13.7. The fraction of sp³-hybridized carbons (Fsp3) is 0.0833. The van der Waals surface area contributed by atoms with Gasteiger partial charge in [-0.1, -0.05) is 65.3 Å². The molecule has 0 atom stereocenters. The van der Waals surface area contributed by atoms with Crippen LogP contribution in [0.1, 0.15) is 21.7 Å². The predicted molar refractivity (Wildman–Crippen MR) is 127 cm³/mol. The Hall–Kier alpha value is -3.62. The molecule has 168 valence electrons. The second-order valence-electron chi connectivity index (χ2n) is 7.25. The van der Waals surface area contributed by atoms with Crippen molar-refractivity contribution in [3.8, 4) is 0 Å². The van der Waals surface area contributed by atoms with E-state index in [0.717, 1.165) is 5.56 Å². The molecule has 1 aromatic heterocycles. The molecule has 0 spiro atoms. The molecule has 0 saturated carbocycles. The van der Waals surface area contributed by atoms with Gasteiger partial charge in [0.2, 0.25) is 0 Å². The van der Waals surface area contributed by atoms with E-state index >= 15 is 0 Å². The van der Waals surface area contributed by atoms with Crippen LogP contribution in [0.25, 0.3) is 0 Å². The molecule has 4 aromatic rings. The van der Waals surface area contributed by atoms with Crippen LogP contribution in [0, 0.1) is 6.92 Å². The molecule has 33 heavy (non-hydrogen) atoms. The normalized spacial score (nSPS) is 11.2. The highest BCUT2D eigenvalue weighted by Gasteiger charge is 2.27. The molecule has 1 heterocycles. The lowest BCUT2D eigenvalue weighted by atomic mass is 10.2. The SMILES string of the molecule is Cc1cc(NC(=O)c2cccc(S(=O)(=O)N(Cc3ccccc3)c3ccccc3Cl)c2)no1. The Morgan fingerprint density at radius 3 is 2.42 bits per heavy atom. The number of benzene rings is 3. The first-order chi connectivity index (χ1) is 15.8. The summed E-state index contributed by atoms with van der Waals surface area (Å²) >= 11 is 6.37. The van der Waals surface area contributed by atoms with Crippen LogP contribution in [-0.4, -0.2) is 19.5 Å². The van der Waals surface area contributed by atoms with Crippen LogP contribution in [0.15, 0.2) is 94.3 Å². The zero-order chi connectivity index (χ0) is 23.4. The summed E-state index contributed by atoms with van der Waals surface area (Å²) in [6.07, 6.45) is 0. The number of halogens is 1. The quantitative estimate of drug-likeness (QED) is 0.387. The van der Waals surface area contributed by atoms with Gasteiger partial charge in [-0.15, -0.1) is 0 Å². The van der Waals surface area contributed by atoms with Crippen LogP contribution in [0.2, 0.25) is 5.02 Å². The number of sulfonamides is 1. The van der Waals surface area contributed by atoms with E-state index in [9.17, 15) is 13.2 Å². The van der Waals surface area contributed by atoms with Gasteiger partial charge in [-0.25, -0.2) is 8.42 Å². The number of anilines is 2. The van der Waals surface area contributed by atoms with Gasteiger partial charge in [-0.05, 0) is 42.8 Å². The molecule has 0 aliphatic heterocycles. The van der Waals surface area contributed by atoms with Crippen LogP contribution in [0.4, 0.5) is 11.5 Å². The Morgan fingerprint density at radius 2 is 1.73 bits per heavy atom. The maximum Gasteiger partial charge on any atom is 0.264 e. The number of nitrogens with one attached hydrogen (secondary N) is 1. The number of aromatic nitrogens is 1. The van der Waals surface area contributed by atoms with Crippen LogP contribution >= 0.6 is 11.6 Å². The van der Waals surface area contributed by atoms with Gasteiger partial charge in [-0.2, -0.15) is 0 Å². The van der Waals surface area contributed by atoms with Crippen LogP contribution in [0.5, 0.6) is 0 Å². The van der Waals surface area contributed by atoms with Crippen molar-refractivity contribution in [2.75, 3.05) is 9.62 Å². The molecule has 0 fully saturated rings. The second kappa shape index (κ2) is 9.48. The van der Waals surface area contributed by atoms with Crippen molar-refractivity contribution in [1.82, 2.24) is 5.16 Å². The van der Waals surface area contributed by atoms with Gasteiger partial charge >= 0.3 is 0 Å². The monoisotopic (exact) mass is 481 g/mol. The molecular formula is C24H20ClN3O4S. The molecule has 3 aromatic carbocycles. The number of amides is 1. The Labute approximate surface area is 196 Å². The summed E-state index contributed by atoms with van der Waals surface area (Å²) in [7, 11) is -4.06. The number of aryl methyl sites for hydroxylation is 1. The molecule has 7 nitrogen and oxygen atoms in total. The third-order valence-electron chi connectivity index (χ3n) is 4.84. The highest BCUT2D eigenvalue weighted by Crippen LogP contribution is 2.32. The van der Waals surface area contributed by atoms with E-state index in [2.05, 4.69) is 10.5 Å². The summed E-state index contributed by atoms with van der Waals surface area (Å²) in [5.74, 6) is 0.276. The van der Waals surface area contributed by atoms with E-state index in [-0.39, 0.29) is 22.8 Å². The number of carbonyl (C=O) groups is 1. The molecule has 0 saturated heterocycles. The zero-order valence-electron chi connectivity index (χ0n) is 17.6. The van der Waals surface area contributed by atoms with Crippen molar-refractivity contribution in [2.24, 2.45) is 0 Å². The van der Waals surface area contributed by atoms with Gasteiger partial charge in [0, 0.05) is 11.6 Å². The van der Waals surface area contributed by atoms with E-state index in [1.54, 1.807) is 37.3 Å². The number of hydrogen-bond acceptors (Lipinski definition) is 5. The van der Waals surface area contributed by atoms with Gasteiger partial charge in [-0.3, -0.25) is 9.10 Å². The van der Waals surface area contributed by atoms with E-state index in [0.29, 0.717) is 16.5 Å². The highest BCUT2D eigenvalue weighted by atomic mass is 35.5. The largest absolute Gasteiger partial charge is 0.360 e. The molecule has 1 N–H and O–H groups in total. The molecule has 0 bridgehead atoms. The van der Waals surface area contributed by atoms with Gasteiger partial charge < -0.3 is 9.84 Å². The zero-order valence-corrected chi connectivity index (χ0v) is 19.2. The molecule has 9 heteroatoms. The van der Waals surface area contributed by atoms with Crippen LogP contribution in [-0.2, 0) is 16.6 Å². The van der Waals surface area contributed by atoms with Crippen molar-refractivity contribution in [3.05, 3.63) is 107 Å². The van der Waals surface area contributed by atoms with E-state index in [1.165, 1.54) is 28.6 Å². The number of carbonyl (C=O) groups excluding carboxylic acids is 1. The molecule has 0 aliphatic carbocycles. The Kier molecular flexibility index (Phi) is 6.48. The molecule has 0 unspecified atom stereocenters. The van der Waals surface area contributed by atoms with Gasteiger partial charge in [0.15, 0.2) is 5.82 Å². The third-order valence-corrected chi connectivity index (χ3v) is 6.92. The van der Waals surface area contributed by atoms with E-state index < -0.39 is 15.9 Å². The van der Waals surface area contributed by atoms with Crippen molar-refractivity contribution >= 4 is 39.0 Å². The predicted octanol–water partition coefficient (Wildman–Crippen LogP) is 5.28. The maximum atomic E-state index is 13.7. The minimum atomic E-state index is -4.06. The number of hydrogen-bond donors (Lipinski definition) is 1. The van der Waals surface area contributed by atoms with Gasteiger partial charge in [0.25, 0.3) is 15.9 Å². The fourth-order valence-electron chi connectivity index (χ4n) is 3.24. The van der Waals surface area contributed by atoms with Crippen LogP contribution in [0.3, 0.4) is 0 Å². The minimum absolute atomic E-state index is 0.0395. The summed E-state index contributed by atoms with van der Waals surface area (Å²) in [5, 5.41) is 6.62. The molecule has 0 aliphatic rings. The molecular weight excluding hydrogens is 462 g/mol. The van der Waals surface area contributed by atoms with Crippen LogP contribution < -0.4 is 9.62 Å². The lowest BCUT2D eigenvalue weighted by Gasteiger charge is -2.25. The standard InChI is InChI=1S/C24H20ClN3O4S/c1-17-14-23(27-32-17)26-24(29)19-10-7-11-20(15-19)33(30,31)28(16-18-8-3-2-4-9-18)22-13-6-5-12-21(22)25/h2-15H,16H2,1H3,(H,26,27,29). The second-order valence-corrected chi connectivity index (χ2v) is 9.52. The minimum Gasteiger partial charge on any atom is -0.360 e. The molecule has 1 amide bonds. The first kappa shape index (κ1) is 22.6. The molecule has 4 rings (SSSR count). The lowest BCUT2D eigenvalue weighted by molar-refractivity contribution is 0.102. The van der Waals surface area contributed by atoms with Crippen molar-refractivity contribution < 1.29 is 17.7 Å². The first-order valence-electron chi connectivity index (χ1n) is 10.0. The summed E-state index contributed by atoms with van der Waals surface area (Å²) in [4.78, 5) is 12.6. The summed E-state index contributed by atoms with van der Waals surface area (Å²) < 4.78 is 33.7. The highest BCUT2D eigenvalue weighted by molar-refractivity contribution is 7.92. The Bertz CT molecular complexity index is 1390. The van der Waals surface area contributed by atoms with Crippen molar-refractivity contribution in [1.29, 1.82) is 0 Å². The molecule has 0 radical (unpaired) electrons. The first-order valence-corrected chi connectivity index (χ1v) is 11.8. The van der Waals surface area contributed by atoms with E-state index in [4.69, 9.17) is 16.1 Å². The van der Waals surface area contributed by atoms with Gasteiger partial charge in [0.1, 0.15) is 5.76 Å². The third kappa shape index (κ3) is 5.08. The fourth-order valence-corrected chi connectivity index (χ4v) is 5.05. The summed E-state index contributed by atoms with van der Waals surface area (Å²) in [6.45, 7) is 1.77. The van der Waals surface area contributed by atoms with Crippen molar-refractivity contribution in [3.63, 3.8) is 0 Å². The Balaban J connectivity index is 1.71. The van der Waals surface area contributed by atoms with Crippen molar-refractivity contribution in [2.45, 2.75) is 18.4 Å². The summed E-state index contributed by atoms with van der Waals surface area (Å²) in [5.41, 5.74) is 1.29. The average molecular weight is 482 g/mol. The lowest BCUT2D eigenvalue weighted by Crippen LogP contribution is -2.31. The van der Waals surface area contributed by atoms with Gasteiger partial charge in [0.05, 0.1) is 22.2 Å². The summed E-state index contributed by atoms with van der Waals surface area (Å²) in [6, 6.07) is 23.3.